The smallest absolute Gasteiger partial charge is 0.0314 e. The number of aryl methyl sites for hydroxylation is 1. The molecule has 0 aromatic carbocycles. The van der Waals surface area contributed by atoms with Crippen molar-refractivity contribution < 1.29 is 0 Å². The van der Waals surface area contributed by atoms with E-state index in [2.05, 4.69) is 34.2 Å². The molecule has 1 aliphatic heterocycles. The molecule has 1 aromatic rings. The largest absolute Gasteiger partial charge is 0.314 e. The Kier molecular flexibility index (Phi) is 3.06. The van der Waals surface area contributed by atoms with Crippen molar-refractivity contribution >= 4 is 27.3 Å². The highest BCUT2D eigenvalue weighted by molar-refractivity contribution is 9.10. The fourth-order valence-corrected chi connectivity index (χ4v) is 3.47. The van der Waals surface area contributed by atoms with Crippen LogP contribution in [0.15, 0.2) is 10.5 Å². The van der Waals surface area contributed by atoms with Gasteiger partial charge in [0.25, 0.3) is 0 Å². The molecule has 0 saturated carbocycles. The molecule has 13 heavy (non-hydrogen) atoms. The highest BCUT2D eigenvalue weighted by Crippen LogP contribution is 2.28. The molecule has 0 radical (unpaired) electrons. The normalized spacial score (nSPS) is 22.5. The average Bonchev–Trinajstić information content (AvgIpc) is 2.64. The van der Waals surface area contributed by atoms with Gasteiger partial charge in [0.15, 0.2) is 0 Å². The molecule has 2 heterocycles. The minimum absolute atomic E-state index is 0.727. The maximum Gasteiger partial charge on any atom is 0.0314 e. The van der Waals surface area contributed by atoms with E-state index in [9.17, 15) is 0 Å². The van der Waals surface area contributed by atoms with Gasteiger partial charge in [0.2, 0.25) is 0 Å². The summed E-state index contributed by atoms with van der Waals surface area (Å²) in [6, 6.07) is 2.99. The van der Waals surface area contributed by atoms with Crippen LogP contribution in [0.4, 0.5) is 0 Å². The molecule has 0 amide bonds. The molecule has 1 aromatic heterocycles. The molecule has 0 spiro atoms. The van der Waals surface area contributed by atoms with Gasteiger partial charge < -0.3 is 5.32 Å². The van der Waals surface area contributed by atoms with Gasteiger partial charge in [-0.05, 0) is 54.7 Å². The molecule has 1 aliphatic rings. The Labute approximate surface area is 91.7 Å². The van der Waals surface area contributed by atoms with Crippen LogP contribution in [0, 0.1) is 6.92 Å². The molecular weight excluding hydrogens is 246 g/mol. The first-order chi connectivity index (χ1) is 6.25. The van der Waals surface area contributed by atoms with Crippen molar-refractivity contribution in [2.75, 3.05) is 6.54 Å². The van der Waals surface area contributed by atoms with Crippen molar-refractivity contribution in [3.8, 4) is 0 Å². The van der Waals surface area contributed by atoms with E-state index in [1.54, 1.807) is 0 Å². The minimum atomic E-state index is 0.727. The van der Waals surface area contributed by atoms with Gasteiger partial charge in [-0.2, -0.15) is 0 Å². The minimum Gasteiger partial charge on any atom is -0.314 e. The first-order valence-corrected chi connectivity index (χ1v) is 6.35. The van der Waals surface area contributed by atoms with Crippen molar-refractivity contribution in [3.05, 3.63) is 20.3 Å². The quantitative estimate of drug-likeness (QED) is 0.861. The maximum atomic E-state index is 3.56. The molecule has 72 valence electrons. The van der Waals surface area contributed by atoms with Crippen LogP contribution in [-0.4, -0.2) is 12.6 Å². The Bertz CT molecular complexity index is 270. The first-order valence-electron chi connectivity index (χ1n) is 4.74. The molecular formula is C10H14BrNS. The first kappa shape index (κ1) is 9.69. The zero-order valence-electron chi connectivity index (χ0n) is 7.77. The van der Waals surface area contributed by atoms with Gasteiger partial charge in [0.05, 0.1) is 0 Å². The lowest BCUT2D eigenvalue weighted by Crippen LogP contribution is -2.23. The van der Waals surface area contributed by atoms with Crippen molar-refractivity contribution in [2.24, 2.45) is 0 Å². The number of hydrogen-bond acceptors (Lipinski definition) is 2. The van der Waals surface area contributed by atoms with Crippen LogP contribution in [-0.2, 0) is 6.42 Å². The third kappa shape index (κ3) is 2.33. The number of nitrogens with one attached hydrogen (secondary N) is 1. The summed E-state index contributed by atoms with van der Waals surface area (Å²) in [5.74, 6) is 0. The lowest BCUT2D eigenvalue weighted by Gasteiger charge is -2.06. The maximum absolute atomic E-state index is 3.56. The number of thiophene rings is 1. The fourth-order valence-electron chi connectivity index (χ4n) is 1.79. The van der Waals surface area contributed by atoms with Crippen LogP contribution in [0.2, 0.25) is 0 Å². The summed E-state index contributed by atoms with van der Waals surface area (Å²) < 4.78 is 1.27. The van der Waals surface area contributed by atoms with E-state index in [0.717, 1.165) is 6.04 Å². The summed E-state index contributed by atoms with van der Waals surface area (Å²) in [5, 5.41) is 3.53. The molecule has 3 heteroatoms. The van der Waals surface area contributed by atoms with Crippen LogP contribution >= 0.6 is 27.3 Å². The second-order valence-corrected chi connectivity index (χ2v) is 5.81. The van der Waals surface area contributed by atoms with Crippen LogP contribution in [0.25, 0.3) is 0 Å². The third-order valence-corrected chi connectivity index (χ3v) is 4.68. The monoisotopic (exact) mass is 259 g/mol. The predicted molar refractivity (Wildman–Crippen MR) is 61.5 cm³/mol. The molecule has 1 fully saturated rings. The molecule has 0 aliphatic carbocycles. The summed E-state index contributed by atoms with van der Waals surface area (Å²) in [5.41, 5.74) is 0. The second kappa shape index (κ2) is 4.11. The van der Waals surface area contributed by atoms with E-state index in [0.29, 0.717) is 0 Å². The zero-order chi connectivity index (χ0) is 9.26. The van der Waals surface area contributed by atoms with E-state index in [4.69, 9.17) is 0 Å². The lowest BCUT2D eigenvalue weighted by atomic mass is 10.1. The standard InChI is InChI=1S/C10H14BrNS/c1-7-10(11)6-9(13-7)5-8-3-2-4-12-8/h6,8,12H,2-5H2,1H3. The Morgan fingerprint density at radius 3 is 3.08 bits per heavy atom. The predicted octanol–water partition coefficient (Wildman–Crippen LogP) is 3.11. The SMILES string of the molecule is Cc1sc(CC2CCCN2)cc1Br. The highest BCUT2D eigenvalue weighted by Gasteiger charge is 2.15. The summed E-state index contributed by atoms with van der Waals surface area (Å²) >= 11 is 5.47. The Morgan fingerprint density at radius 2 is 2.54 bits per heavy atom. The highest BCUT2D eigenvalue weighted by atomic mass is 79.9. The molecule has 1 N–H and O–H groups in total. The van der Waals surface area contributed by atoms with Crippen LogP contribution < -0.4 is 5.32 Å². The van der Waals surface area contributed by atoms with Crippen LogP contribution in [0.1, 0.15) is 22.6 Å². The summed E-state index contributed by atoms with van der Waals surface area (Å²) in [6.07, 6.45) is 3.89. The zero-order valence-corrected chi connectivity index (χ0v) is 10.2. The van der Waals surface area contributed by atoms with E-state index >= 15 is 0 Å². The summed E-state index contributed by atoms with van der Waals surface area (Å²) in [7, 11) is 0. The van der Waals surface area contributed by atoms with Gasteiger partial charge >= 0.3 is 0 Å². The van der Waals surface area contributed by atoms with Gasteiger partial charge in [0.1, 0.15) is 0 Å². The number of hydrogen-bond donors (Lipinski definition) is 1. The van der Waals surface area contributed by atoms with Crippen LogP contribution in [0.5, 0.6) is 0 Å². The molecule has 1 unspecified atom stereocenters. The molecule has 1 nitrogen and oxygen atoms in total. The van der Waals surface area contributed by atoms with Crippen LogP contribution in [0.3, 0.4) is 0 Å². The molecule has 2 rings (SSSR count). The summed E-state index contributed by atoms with van der Waals surface area (Å²) in [4.78, 5) is 2.90. The Morgan fingerprint density at radius 1 is 1.69 bits per heavy atom. The number of rotatable bonds is 2. The van der Waals surface area contributed by atoms with Gasteiger partial charge in [-0.15, -0.1) is 11.3 Å². The van der Waals surface area contributed by atoms with Crippen molar-refractivity contribution in [1.29, 1.82) is 0 Å². The average molecular weight is 260 g/mol. The molecule has 0 bridgehead atoms. The molecule has 1 saturated heterocycles. The van der Waals surface area contributed by atoms with E-state index < -0.39 is 0 Å². The van der Waals surface area contributed by atoms with E-state index in [1.165, 1.54) is 40.0 Å². The third-order valence-electron chi connectivity index (χ3n) is 2.52. The van der Waals surface area contributed by atoms with Gasteiger partial charge in [-0.3, -0.25) is 0 Å². The van der Waals surface area contributed by atoms with Gasteiger partial charge in [-0.25, -0.2) is 0 Å². The van der Waals surface area contributed by atoms with Gasteiger partial charge in [0, 0.05) is 20.3 Å². The van der Waals surface area contributed by atoms with Gasteiger partial charge in [-0.1, -0.05) is 0 Å². The van der Waals surface area contributed by atoms with E-state index in [1.807, 2.05) is 11.3 Å². The Balaban J connectivity index is 2.00. The topological polar surface area (TPSA) is 12.0 Å². The molecule has 1 atom stereocenters. The fraction of sp³-hybridized carbons (Fsp3) is 0.600. The van der Waals surface area contributed by atoms with Crippen molar-refractivity contribution in [3.63, 3.8) is 0 Å². The second-order valence-electron chi connectivity index (χ2n) is 3.61. The Hall–Kier alpha value is 0.140. The lowest BCUT2D eigenvalue weighted by molar-refractivity contribution is 0.608. The summed E-state index contributed by atoms with van der Waals surface area (Å²) in [6.45, 7) is 3.37. The number of halogens is 1. The van der Waals surface area contributed by atoms with Crippen molar-refractivity contribution in [1.82, 2.24) is 5.32 Å². The van der Waals surface area contributed by atoms with E-state index in [-0.39, 0.29) is 0 Å². The van der Waals surface area contributed by atoms with Crippen molar-refractivity contribution in [2.45, 2.75) is 32.2 Å².